The van der Waals surface area contributed by atoms with E-state index in [0.717, 1.165) is 6.42 Å². The van der Waals surface area contributed by atoms with Gasteiger partial charge in [-0.2, -0.15) is 4.98 Å². The monoisotopic (exact) mass is 254 g/mol. The van der Waals surface area contributed by atoms with Gasteiger partial charge in [0.05, 0.1) is 0 Å². The minimum Gasteiger partial charge on any atom is -0.474 e. The number of aryl methyl sites for hydroxylation is 1. The minimum atomic E-state index is 0.291. The number of nitrogens with zero attached hydrogens (tertiary/aromatic N) is 2. The molecular weight excluding hydrogens is 236 g/mol. The van der Waals surface area contributed by atoms with Gasteiger partial charge >= 0.3 is 0 Å². The fourth-order valence-electron chi connectivity index (χ4n) is 2.52. The van der Waals surface area contributed by atoms with Gasteiger partial charge in [-0.25, -0.2) is 4.98 Å². The average Bonchev–Trinajstić information content (AvgIpc) is 2.28. The smallest absolute Gasteiger partial charge is 0.218 e. The summed E-state index contributed by atoms with van der Waals surface area (Å²) in [6.45, 7) is 4.06. The molecule has 2 rings (SSSR count). The first-order valence-corrected chi connectivity index (χ1v) is 6.74. The first kappa shape index (κ1) is 12.6. The zero-order valence-corrected chi connectivity index (χ0v) is 11.2. The largest absolute Gasteiger partial charge is 0.474 e. The molecule has 2 atom stereocenters. The maximum Gasteiger partial charge on any atom is 0.218 e. The van der Waals surface area contributed by atoms with Crippen LogP contribution in [-0.2, 0) is 0 Å². The molecule has 1 saturated carbocycles. The predicted octanol–water partition coefficient (Wildman–Crippen LogP) is 3.79. The van der Waals surface area contributed by atoms with Gasteiger partial charge in [0.15, 0.2) is 0 Å². The predicted molar refractivity (Wildman–Crippen MR) is 68.4 cm³/mol. The van der Waals surface area contributed by atoms with E-state index in [1.807, 2.05) is 6.92 Å². The van der Waals surface area contributed by atoms with Crippen LogP contribution in [0.3, 0.4) is 0 Å². The van der Waals surface area contributed by atoms with Crippen LogP contribution in [0.2, 0.25) is 5.15 Å². The zero-order valence-electron chi connectivity index (χ0n) is 10.4. The summed E-state index contributed by atoms with van der Waals surface area (Å²) in [5.74, 6) is 1.93. The van der Waals surface area contributed by atoms with Gasteiger partial charge in [-0.05, 0) is 38.5 Å². The summed E-state index contributed by atoms with van der Waals surface area (Å²) in [5.41, 5.74) is 0. The van der Waals surface area contributed by atoms with Crippen molar-refractivity contribution in [2.45, 2.75) is 52.1 Å². The summed E-state index contributed by atoms with van der Waals surface area (Å²) in [4.78, 5) is 8.32. The van der Waals surface area contributed by atoms with Gasteiger partial charge in [-0.3, -0.25) is 0 Å². The Morgan fingerprint density at radius 2 is 2.12 bits per heavy atom. The normalized spacial score (nSPS) is 24.6. The molecule has 1 fully saturated rings. The van der Waals surface area contributed by atoms with Crippen LogP contribution in [0.15, 0.2) is 6.07 Å². The van der Waals surface area contributed by atoms with Gasteiger partial charge in [-0.1, -0.05) is 24.9 Å². The maximum atomic E-state index is 5.98. The Bertz CT molecular complexity index is 363. The Hall–Kier alpha value is -0.830. The second-order valence-corrected chi connectivity index (χ2v) is 5.07. The second kappa shape index (κ2) is 5.67. The summed E-state index contributed by atoms with van der Waals surface area (Å²) in [7, 11) is 0. The van der Waals surface area contributed by atoms with Crippen molar-refractivity contribution in [3.05, 3.63) is 17.0 Å². The molecule has 3 nitrogen and oxygen atoms in total. The second-order valence-electron chi connectivity index (χ2n) is 4.69. The Labute approximate surface area is 108 Å². The Morgan fingerprint density at radius 3 is 2.82 bits per heavy atom. The number of hydrogen-bond acceptors (Lipinski definition) is 3. The van der Waals surface area contributed by atoms with E-state index in [9.17, 15) is 0 Å². The molecule has 1 aliphatic carbocycles. The maximum absolute atomic E-state index is 5.98. The molecule has 94 valence electrons. The van der Waals surface area contributed by atoms with E-state index in [1.165, 1.54) is 25.7 Å². The SMILES string of the molecule is CCC1CCCCC1Oc1cc(Cl)nc(C)n1. The number of halogens is 1. The summed E-state index contributed by atoms with van der Waals surface area (Å²) < 4.78 is 5.98. The van der Waals surface area contributed by atoms with Crippen molar-refractivity contribution in [3.8, 4) is 5.88 Å². The molecule has 0 amide bonds. The van der Waals surface area contributed by atoms with Gasteiger partial charge in [0.2, 0.25) is 5.88 Å². The van der Waals surface area contributed by atoms with Crippen LogP contribution >= 0.6 is 11.6 Å². The van der Waals surface area contributed by atoms with E-state index in [1.54, 1.807) is 6.07 Å². The van der Waals surface area contributed by atoms with Crippen LogP contribution in [0, 0.1) is 12.8 Å². The van der Waals surface area contributed by atoms with Crippen molar-refractivity contribution in [2.75, 3.05) is 0 Å². The van der Waals surface area contributed by atoms with Crippen LogP contribution in [0.5, 0.6) is 5.88 Å². The highest BCUT2D eigenvalue weighted by molar-refractivity contribution is 6.29. The molecule has 0 bridgehead atoms. The van der Waals surface area contributed by atoms with Gasteiger partial charge < -0.3 is 4.74 Å². The fourth-order valence-corrected chi connectivity index (χ4v) is 2.73. The number of aromatic nitrogens is 2. The van der Waals surface area contributed by atoms with Gasteiger partial charge in [-0.15, -0.1) is 0 Å². The summed E-state index contributed by atoms with van der Waals surface area (Å²) >= 11 is 5.91. The van der Waals surface area contributed by atoms with Crippen LogP contribution in [0.4, 0.5) is 0 Å². The molecule has 17 heavy (non-hydrogen) atoms. The summed E-state index contributed by atoms with van der Waals surface area (Å²) in [5, 5.41) is 0.455. The fraction of sp³-hybridized carbons (Fsp3) is 0.692. The van der Waals surface area contributed by atoms with Crippen LogP contribution in [-0.4, -0.2) is 16.1 Å². The highest BCUT2D eigenvalue weighted by Crippen LogP contribution is 2.30. The summed E-state index contributed by atoms with van der Waals surface area (Å²) in [6, 6.07) is 1.70. The molecule has 2 unspecified atom stereocenters. The van der Waals surface area contributed by atoms with Crippen molar-refractivity contribution in [1.82, 2.24) is 9.97 Å². The highest BCUT2D eigenvalue weighted by Gasteiger charge is 2.25. The standard InChI is InChI=1S/C13H19ClN2O/c1-3-10-6-4-5-7-11(10)17-13-8-12(14)15-9(2)16-13/h8,10-11H,3-7H2,1-2H3. The first-order chi connectivity index (χ1) is 8.19. The molecule has 4 heteroatoms. The molecule has 0 N–H and O–H groups in total. The Kier molecular flexibility index (Phi) is 4.21. The molecule has 0 saturated heterocycles. The third-order valence-corrected chi connectivity index (χ3v) is 3.61. The lowest BCUT2D eigenvalue weighted by atomic mass is 9.85. The third kappa shape index (κ3) is 3.32. The average molecular weight is 255 g/mol. The van der Waals surface area contributed by atoms with E-state index in [2.05, 4.69) is 16.9 Å². The molecule has 1 aromatic rings. The van der Waals surface area contributed by atoms with E-state index in [-0.39, 0.29) is 0 Å². The molecule has 1 aromatic heterocycles. The minimum absolute atomic E-state index is 0.291. The molecule has 1 aliphatic rings. The first-order valence-electron chi connectivity index (χ1n) is 6.37. The van der Waals surface area contributed by atoms with Crippen molar-refractivity contribution in [3.63, 3.8) is 0 Å². The molecule has 0 aromatic carbocycles. The molecular formula is C13H19ClN2O. The van der Waals surface area contributed by atoms with E-state index in [0.29, 0.717) is 28.9 Å². The topological polar surface area (TPSA) is 35.0 Å². The van der Waals surface area contributed by atoms with Crippen molar-refractivity contribution in [2.24, 2.45) is 5.92 Å². The number of rotatable bonds is 3. The number of ether oxygens (including phenoxy) is 1. The van der Waals surface area contributed by atoms with Gasteiger partial charge in [0, 0.05) is 6.07 Å². The quantitative estimate of drug-likeness (QED) is 0.770. The van der Waals surface area contributed by atoms with Gasteiger partial charge in [0.1, 0.15) is 17.1 Å². The van der Waals surface area contributed by atoms with Gasteiger partial charge in [0.25, 0.3) is 0 Å². The molecule has 0 spiro atoms. The Morgan fingerprint density at radius 1 is 1.35 bits per heavy atom. The summed E-state index contributed by atoms with van der Waals surface area (Å²) in [6.07, 6.45) is 6.42. The van der Waals surface area contributed by atoms with Crippen molar-refractivity contribution >= 4 is 11.6 Å². The van der Waals surface area contributed by atoms with Crippen molar-refractivity contribution in [1.29, 1.82) is 0 Å². The zero-order chi connectivity index (χ0) is 12.3. The molecule has 0 radical (unpaired) electrons. The van der Waals surface area contributed by atoms with Crippen LogP contribution in [0.1, 0.15) is 44.9 Å². The van der Waals surface area contributed by atoms with Crippen LogP contribution in [0.25, 0.3) is 0 Å². The highest BCUT2D eigenvalue weighted by atomic mass is 35.5. The van der Waals surface area contributed by atoms with E-state index in [4.69, 9.17) is 16.3 Å². The molecule has 0 aliphatic heterocycles. The third-order valence-electron chi connectivity index (χ3n) is 3.42. The lowest BCUT2D eigenvalue weighted by molar-refractivity contribution is 0.0855. The van der Waals surface area contributed by atoms with Crippen LogP contribution < -0.4 is 4.74 Å². The lowest BCUT2D eigenvalue weighted by Gasteiger charge is -2.30. The van der Waals surface area contributed by atoms with E-state index < -0.39 is 0 Å². The number of hydrogen-bond donors (Lipinski definition) is 0. The molecule has 1 heterocycles. The van der Waals surface area contributed by atoms with Crippen molar-refractivity contribution < 1.29 is 4.74 Å². The van der Waals surface area contributed by atoms with E-state index >= 15 is 0 Å². The lowest BCUT2D eigenvalue weighted by Crippen LogP contribution is -2.30. The Balaban J connectivity index is 2.08.